The summed E-state index contributed by atoms with van der Waals surface area (Å²) < 4.78 is 0. The molecule has 0 bridgehead atoms. The zero-order valence-corrected chi connectivity index (χ0v) is 9.09. The van der Waals surface area contributed by atoms with Crippen LogP contribution < -0.4 is 4.90 Å². The molecule has 4 heteroatoms. The fourth-order valence-corrected chi connectivity index (χ4v) is 2.02. The van der Waals surface area contributed by atoms with Gasteiger partial charge in [0.2, 0.25) is 0 Å². The lowest BCUT2D eigenvalue weighted by atomic mass is 10.1. The van der Waals surface area contributed by atoms with Gasteiger partial charge in [-0.15, -0.1) is 0 Å². The first kappa shape index (κ1) is 9.71. The van der Waals surface area contributed by atoms with Gasteiger partial charge in [0.15, 0.2) is 0 Å². The lowest BCUT2D eigenvalue weighted by molar-refractivity contribution is 0.572. The summed E-state index contributed by atoms with van der Waals surface area (Å²) in [5, 5.41) is 0.540. The molecule has 0 aliphatic carbocycles. The molecule has 0 amide bonds. The maximum absolute atomic E-state index is 5.89. The Morgan fingerprint density at radius 2 is 1.93 bits per heavy atom. The number of nitrogens with zero attached hydrogens (tertiary/aromatic N) is 3. The highest BCUT2D eigenvalue weighted by Gasteiger charge is 2.12. The highest BCUT2D eigenvalue weighted by atomic mass is 35.5. The molecule has 2 heterocycles. The highest BCUT2D eigenvalue weighted by Crippen LogP contribution is 2.19. The van der Waals surface area contributed by atoms with Gasteiger partial charge in [-0.3, -0.25) is 0 Å². The zero-order valence-electron chi connectivity index (χ0n) is 8.33. The first-order valence-corrected chi connectivity index (χ1v) is 5.39. The van der Waals surface area contributed by atoms with Crippen molar-refractivity contribution in [3.8, 4) is 0 Å². The molecule has 0 unspecified atom stereocenters. The summed E-state index contributed by atoms with van der Waals surface area (Å²) in [7, 11) is 0. The van der Waals surface area contributed by atoms with E-state index < -0.39 is 0 Å². The van der Waals surface area contributed by atoms with Crippen molar-refractivity contribution in [2.24, 2.45) is 0 Å². The second kappa shape index (κ2) is 4.13. The Morgan fingerprint density at radius 3 is 2.57 bits per heavy atom. The highest BCUT2D eigenvalue weighted by molar-refractivity contribution is 6.29. The van der Waals surface area contributed by atoms with E-state index in [0.717, 1.165) is 24.7 Å². The van der Waals surface area contributed by atoms with Crippen LogP contribution in [0.25, 0.3) is 0 Å². The molecule has 2 rings (SSSR count). The molecule has 1 fully saturated rings. The number of rotatable bonds is 1. The Hall–Kier alpha value is -0.830. The van der Waals surface area contributed by atoms with E-state index in [1.54, 1.807) is 0 Å². The maximum atomic E-state index is 5.89. The van der Waals surface area contributed by atoms with Crippen molar-refractivity contribution in [2.75, 3.05) is 18.0 Å². The van der Waals surface area contributed by atoms with E-state index >= 15 is 0 Å². The van der Waals surface area contributed by atoms with E-state index in [-0.39, 0.29) is 0 Å². The van der Waals surface area contributed by atoms with Crippen molar-refractivity contribution >= 4 is 17.4 Å². The van der Waals surface area contributed by atoms with Crippen LogP contribution in [0.3, 0.4) is 0 Å². The average molecular weight is 212 g/mol. The van der Waals surface area contributed by atoms with Crippen molar-refractivity contribution in [3.05, 3.63) is 17.0 Å². The van der Waals surface area contributed by atoms with Crippen molar-refractivity contribution in [3.63, 3.8) is 0 Å². The van der Waals surface area contributed by atoms with Crippen LogP contribution in [0.15, 0.2) is 6.07 Å². The third-order valence-corrected chi connectivity index (χ3v) is 2.67. The molecule has 1 aliphatic rings. The molecule has 0 aromatic carbocycles. The molecular weight excluding hydrogens is 198 g/mol. The summed E-state index contributed by atoms with van der Waals surface area (Å²) >= 11 is 5.89. The van der Waals surface area contributed by atoms with E-state index in [1.807, 2.05) is 13.0 Å². The monoisotopic (exact) mass is 211 g/mol. The van der Waals surface area contributed by atoms with Crippen molar-refractivity contribution < 1.29 is 0 Å². The Kier molecular flexibility index (Phi) is 2.87. The Morgan fingerprint density at radius 1 is 1.21 bits per heavy atom. The van der Waals surface area contributed by atoms with Crippen LogP contribution in [0.2, 0.25) is 5.15 Å². The van der Waals surface area contributed by atoms with Gasteiger partial charge in [-0.25, -0.2) is 9.97 Å². The zero-order chi connectivity index (χ0) is 9.97. The number of piperidine rings is 1. The minimum absolute atomic E-state index is 0.540. The SMILES string of the molecule is Cc1nc(Cl)cc(N2CCCCC2)n1. The lowest BCUT2D eigenvalue weighted by Crippen LogP contribution is -2.30. The predicted octanol–water partition coefficient (Wildman–Crippen LogP) is 2.43. The van der Waals surface area contributed by atoms with Gasteiger partial charge in [0.1, 0.15) is 16.8 Å². The van der Waals surface area contributed by atoms with Gasteiger partial charge in [-0.05, 0) is 26.2 Å². The molecule has 0 spiro atoms. The average Bonchev–Trinajstić information content (AvgIpc) is 2.18. The molecule has 0 N–H and O–H groups in total. The molecule has 0 saturated carbocycles. The van der Waals surface area contributed by atoms with E-state index in [2.05, 4.69) is 14.9 Å². The van der Waals surface area contributed by atoms with Crippen LogP contribution in [0, 0.1) is 6.92 Å². The maximum Gasteiger partial charge on any atom is 0.134 e. The minimum Gasteiger partial charge on any atom is -0.356 e. The van der Waals surface area contributed by atoms with Crippen LogP contribution in [0.4, 0.5) is 5.82 Å². The van der Waals surface area contributed by atoms with E-state index in [0.29, 0.717) is 5.15 Å². The van der Waals surface area contributed by atoms with Gasteiger partial charge in [0, 0.05) is 19.2 Å². The predicted molar refractivity (Wildman–Crippen MR) is 57.8 cm³/mol. The third-order valence-electron chi connectivity index (χ3n) is 2.47. The number of hydrogen-bond donors (Lipinski definition) is 0. The molecule has 14 heavy (non-hydrogen) atoms. The molecule has 3 nitrogen and oxygen atoms in total. The first-order valence-electron chi connectivity index (χ1n) is 5.02. The fourth-order valence-electron chi connectivity index (χ4n) is 1.80. The molecule has 1 aromatic heterocycles. The quantitative estimate of drug-likeness (QED) is 0.669. The van der Waals surface area contributed by atoms with Gasteiger partial charge in [0.05, 0.1) is 0 Å². The molecule has 1 aliphatic heterocycles. The van der Waals surface area contributed by atoms with Gasteiger partial charge in [-0.1, -0.05) is 11.6 Å². The second-order valence-electron chi connectivity index (χ2n) is 3.64. The number of anilines is 1. The van der Waals surface area contributed by atoms with Crippen molar-refractivity contribution in [1.29, 1.82) is 0 Å². The Bertz CT molecular complexity index is 301. The van der Waals surface area contributed by atoms with Crippen LogP contribution in [0.5, 0.6) is 0 Å². The number of aryl methyl sites for hydroxylation is 1. The largest absolute Gasteiger partial charge is 0.356 e. The Labute approximate surface area is 89.1 Å². The van der Waals surface area contributed by atoms with Crippen LogP contribution in [-0.4, -0.2) is 23.1 Å². The van der Waals surface area contributed by atoms with Crippen LogP contribution in [-0.2, 0) is 0 Å². The molecule has 0 radical (unpaired) electrons. The topological polar surface area (TPSA) is 29.0 Å². The summed E-state index contributed by atoms with van der Waals surface area (Å²) in [6.45, 7) is 4.05. The number of hydrogen-bond acceptors (Lipinski definition) is 3. The summed E-state index contributed by atoms with van der Waals surface area (Å²) in [5.74, 6) is 1.72. The lowest BCUT2D eigenvalue weighted by Gasteiger charge is -2.27. The molecule has 76 valence electrons. The van der Waals surface area contributed by atoms with Gasteiger partial charge in [-0.2, -0.15) is 0 Å². The summed E-state index contributed by atoms with van der Waals surface area (Å²) in [6, 6.07) is 1.85. The van der Waals surface area contributed by atoms with Crippen molar-refractivity contribution in [1.82, 2.24) is 9.97 Å². The first-order chi connectivity index (χ1) is 6.75. The standard InChI is InChI=1S/C10H14ClN3/c1-8-12-9(11)7-10(13-8)14-5-3-2-4-6-14/h7H,2-6H2,1H3. The minimum atomic E-state index is 0.540. The number of aromatic nitrogens is 2. The molecule has 1 aromatic rings. The smallest absolute Gasteiger partial charge is 0.134 e. The third kappa shape index (κ3) is 2.15. The van der Waals surface area contributed by atoms with E-state index in [1.165, 1.54) is 19.3 Å². The fraction of sp³-hybridized carbons (Fsp3) is 0.600. The van der Waals surface area contributed by atoms with E-state index in [4.69, 9.17) is 11.6 Å². The van der Waals surface area contributed by atoms with Gasteiger partial charge >= 0.3 is 0 Å². The van der Waals surface area contributed by atoms with Crippen molar-refractivity contribution in [2.45, 2.75) is 26.2 Å². The normalized spacial score (nSPS) is 17.1. The summed E-state index contributed by atoms with van der Waals surface area (Å²) in [5.41, 5.74) is 0. The van der Waals surface area contributed by atoms with E-state index in [9.17, 15) is 0 Å². The van der Waals surface area contributed by atoms with Gasteiger partial charge in [0.25, 0.3) is 0 Å². The van der Waals surface area contributed by atoms with Crippen LogP contribution >= 0.6 is 11.6 Å². The van der Waals surface area contributed by atoms with Gasteiger partial charge < -0.3 is 4.90 Å². The Balaban J connectivity index is 2.21. The summed E-state index contributed by atoms with van der Waals surface area (Å²) in [6.07, 6.45) is 3.83. The molecular formula is C10H14ClN3. The van der Waals surface area contributed by atoms with Crippen LogP contribution in [0.1, 0.15) is 25.1 Å². The molecule has 1 saturated heterocycles. The number of halogens is 1. The molecule has 0 atom stereocenters. The summed E-state index contributed by atoms with van der Waals surface area (Å²) in [4.78, 5) is 10.7. The second-order valence-corrected chi connectivity index (χ2v) is 4.03.